The van der Waals surface area contributed by atoms with E-state index in [1.165, 1.54) is 0 Å². The Labute approximate surface area is 97.6 Å². The first-order chi connectivity index (χ1) is 7.22. The number of phenols is 1. The molecule has 0 aliphatic carbocycles. The van der Waals surface area contributed by atoms with Gasteiger partial charge in [-0.05, 0) is 41.0 Å². The van der Waals surface area contributed by atoms with Crippen molar-refractivity contribution in [2.75, 3.05) is 20.2 Å². The fraction of sp³-hybridized carbons (Fsp3) is 0.455. The van der Waals surface area contributed by atoms with Crippen LogP contribution in [0.2, 0.25) is 0 Å². The van der Waals surface area contributed by atoms with E-state index in [0.29, 0.717) is 16.1 Å². The fourth-order valence-corrected chi connectivity index (χ4v) is 2.40. The molecule has 1 unspecified atom stereocenters. The Bertz CT molecular complexity index is 362. The lowest BCUT2D eigenvalue weighted by Crippen LogP contribution is -2.08. The Morgan fingerprint density at radius 2 is 2.33 bits per heavy atom. The Hall–Kier alpha value is -0.740. The highest BCUT2D eigenvalue weighted by Gasteiger charge is 2.21. The van der Waals surface area contributed by atoms with E-state index in [9.17, 15) is 5.11 Å². The van der Waals surface area contributed by atoms with Gasteiger partial charge < -0.3 is 15.2 Å². The Morgan fingerprint density at radius 1 is 1.53 bits per heavy atom. The minimum absolute atomic E-state index is 0.338. The molecule has 0 radical (unpaired) electrons. The van der Waals surface area contributed by atoms with E-state index >= 15 is 0 Å². The number of aromatic hydroxyl groups is 1. The molecule has 1 saturated heterocycles. The number of nitrogens with one attached hydrogen (secondary N) is 1. The van der Waals surface area contributed by atoms with Gasteiger partial charge in [0.15, 0.2) is 0 Å². The van der Waals surface area contributed by atoms with Crippen molar-refractivity contribution in [2.45, 2.75) is 12.3 Å². The molecule has 15 heavy (non-hydrogen) atoms. The third-order valence-corrected chi connectivity index (χ3v) is 3.41. The van der Waals surface area contributed by atoms with Crippen LogP contribution < -0.4 is 10.1 Å². The van der Waals surface area contributed by atoms with Crippen LogP contribution >= 0.6 is 15.9 Å². The lowest BCUT2D eigenvalue weighted by molar-refractivity contribution is 0.408. The molecule has 1 aromatic carbocycles. The summed E-state index contributed by atoms with van der Waals surface area (Å²) in [6.07, 6.45) is 1.06. The van der Waals surface area contributed by atoms with Crippen LogP contribution in [0, 0.1) is 0 Å². The van der Waals surface area contributed by atoms with Gasteiger partial charge in [0, 0.05) is 18.0 Å². The van der Waals surface area contributed by atoms with Gasteiger partial charge in [0.2, 0.25) is 0 Å². The van der Waals surface area contributed by atoms with Gasteiger partial charge in [-0.3, -0.25) is 0 Å². The summed E-state index contributed by atoms with van der Waals surface area (Å²) >= 11 is 3.33. The standard InChI is InChI=1S/C11H14BrNO2/c1-15-8-4-9(7-2-3-13-6-7)11(14)10(12)5-8/h4-5,7,13-14H,2-3,6H2,1H3. The van der Waals surface area contributed by atoms with Gasteiger partial charge >= 0.3 is 0 Å². The SMILES string of the molecule is COc1cc(Br)c(O)c(C2CCNC2)c1. The summed E-state index contributed by atoms with van der Waals surface area (Å²) < 4.78 is 5.89. The first-order valence-corrected chi connectivity index (χ1v) is 5.78. The monoisotopic (exact) mass is 271 g/mol. The number of methoxy groups -OCH3 is 1. The van der Waals surface area contributed by atoms with Crippen LogP contribution in [0.15, 0.2) is 16.6 Å². The van der Waals surface area contributed by atoms with E-state index in [-0.39, 0.29) is 0 Å². The van der Waals surface area contributed by atoms with Gasteiger partial charge in [-0.25, -0.2) is 0 Å². The Balaban J connectivity index is 2.39. The molecule has 3 nitrogen and oxygen atoms in total. The number of halogens is 1. The van der Waals surface area contributed by atoms with Crippen molar-refractivity contribution in [3.63, 3.8) is 0 Å². The van der Waals surface area contributed by atoms with Crippen LogP contribution in [-0.4, -0.2) is 25.3 Å². The molecule has 2 N–H and O–H groups in total. The summed E-state index contributed by atoms with van der Waals surface area (Å²) in [6, 6.07) is 3.69. The number of phenolic OH excluding ortho intramolecular Hbond substituents is 1. The third kappa shape index (κ3) is 2.11. The molecule has 1 aliphatic heterocycles. The maximum absolute atomic E-state index is 9.95. The van der Waals surface area contributed by atoms with Gasteiger partial charge in [0.05, 0.1) is 11.6 Å². The second-order valence-electron chi connectivity index (χ2n) is 3.74. The molecular formula is C11H14BrNO2. The zero-order chi connectivity index (χ0) is 10.8. The van der Waals surface area contributed by atoms with Crippen molar-refractivity contribution >= 4 is 15.9 Å². The smallest absolute Gasteiger partial charge is 0.133 e. The highest BCUT2D eigenvalue weighted by Crippen LogP contribution is 2.38. The lowest BCUT2D eigenvalue weighted by Gasteiger charge is -2.14. The predicted molar refractivity (Wildman–Crippen MR) is 62.6 cm³/mol. The third-order valence-electron chi connectivity index (χ3n) is 2.80. The zero-order valence-corrected chi connectivity index (χ0v) is 10.2. The average Bonchev–Trinajstić information content (AvgIpc) is 2.75. The molecule has 1 aromatic rings. The molecule has 4 heteroatoms. The van der Waals surface area contributed by atoms with Gasteiger partial charge in [-0.1, -0.05) is 0 Å². The molecule has 0 saturated carbocycles. The highest BCUT2D eigenvalue weighted by molar-refractivity contribution is 9.10. The van der Waals surface area contributed by atoms with E-state index in [1.807, 2.05) is 6.07 Å². The number of hydrogen-bond acceptors (Lipinski definition) is 3. The van der Waals surface area contributed by atoms with Crippen LogP contribution in [0.5, 0.6) is 11.5 Å². The Morgan fingerprint density at radius 3 is 2.93 bits per heavy atom. The summed E-state index contributed by atoms with van der Waals surface area (Å²) in [6.45, 7) is 1.94. The quantitative estimate of drug-likeness (QED) is 0.867. The molecule has 0 aromatic heterocycles. The minimum atomic E-state index is 0.338. The van der Waals surface area contributed by atoms with E-state index in [1.54, 1.807) is 13.2 Å². The molecule has 1 heterocycles. The van der Waals surface area contributed by atoms with E-state index in [2.05, 4.69) is 21.2 Å². The van der Waals surface area contributed by atoms with Crippen LogP contribution in [0.4, 0.5) is 0 Å². The minimum Gasteiger partial charge on any atom is -0.506 e. The molecule has 0 spiro atoms. The molecule has 2 rings (SSSR count). The zero-order valence-electron chi connectivity index (χ0n) is 8.59. The second-order valence-corrected chi connectivity index (χ2v) is 4.59. The van der Waals surface area contributed by atoms with Crippen molar-refractivity contribution in [1.82, 2.24) is 5.32 Å². The summed E-state index contributed by atoms with van der Waals surface area (Å²) in [4.78, 5) is 0. The summed E-state index contributed by atoms with van der Waals surface area (Å²) in [5.41, 5.74) is 0.964. The van der Waals surface area contributed by atoms with Crippen LogP contribution in [0.25, 0.3) is 0 Å². The highest BCUT2D eigenvalue weighted by atomic mass is 79.9. The van der Waals surface area contributed by atoms with Gasteiger partial charge in [0.1, 0.15) is 11.5 Å². The second kappa shape index (κ2) is 4.41. The topological polar surface area (TPSA) is 41.5 Å². The van der Waals surface area contributed by atoms with Gasteiger partial charge in [0.25, 0.3) is 0 Å². The maximum Gasteiger partial charge on any atom is 0.133 e. The number of rotatable bonds is 2. The first kappa shape index (κ1) is 10.8. The first-order valence-electron chi connectivity index (χ1n) is 4.99. The number of hydrogen-bond donors (Lipinski definition) is 2. The molecule has 0 amide bonds. The molecule has 0 bridgehead atoms. The lowest BCUT2D eigenvalue weighted by atomic mass is 9.97. The van der Waals surface area contributed by atoms with Crippen molar-refractivity contribution in [3.05, 3.63) is 22.2 Å². The summed E-state index contributed by atoms with van der Waals surface area (Å²) in [7, 11) is 1.63. The molecule has 1 fully saturated rings. The predicted octanol–water partition coefficient (Wildman–Crippen LogP) is 2.24. The van der Waals surface area contributed by atoms with Crippen LogP contribution in [0.3, 0.4) is 0 Å². The molecular weight excluding hydrogens is 258 g/mol. The van der Waals surface area contributed by atoms with Crippen molar-refractivity contribution in [2.24, 2.45) is 0 Å². The van der Waals surface area contributed by atoms with Crippen LogP contribution in [0.1, 0.15) is 17.9 Å². The number of benzene rings is 1. The molecule has 1 aliphatic rings. The van der Waals surface area contributed by atoms with Crippen molar-refractivity contribution in [3.8, 4) is 11.5 Å². The van der Waals surface area contributed by atoms with E-state index in [0.717, 1.165) is 30.8 Å². The average molecular weight is 272 g/mol. The van der Waals surface area contributed by atoms with E-state index in [4.69, 9.17) is 4.74 Å². The van der Waals surface area contributed by atoms with E-state index < -0.39 is 0 Å². The van der Waals surface area contributed by atoms with Crippen molar-refractivity contribution in [1.29, 1.82) is 0 Å². The largest absolute Gasteiger partial charge is 0.506 e. The van der Waals surface area contributed by atoms with Crippen molar-refractivity contribution < 1.29 is 9.84 Å². The Kier molecular flexibility index (Phi) is 3.17. The fourth-order valence-electron chi connectivity index (χ4n) is 1.94. The van der Waals surface area contributed by atoms with Gasteiger partial charge in [-0.15, -0.1) is 0 Å². The summed E-state index contributed by atoms with van der Waals surface area (Å²) in [5, 5.41) is 13.2. The summed E-state index contributed by atoms with van der Waals surface area (Å²) in [5.74, 6) is 1.50. The van der Waals surface area contributed by atoms with Gasteiger partial charge in [-0.2, -0.15) is 0 Å². The molecule has 82 valence electrons. The maximum atomic E-state index is 9.95. The van der Waals surface area contributed by atoms with Crippen LogP contribution in [-0.2, 0) is 0 Å². The molecule has 1 atom stereocenters. The normalized spacial score (nSPS) is 20.5. The number of ether oxygens (including phenoxy) is 1.